The molecule has 0 bridgehead atoms. The quantitative estimate of drug-likeness (QED) is 0.904. The first-order valence-corrected chi connectivity index (χ1v) is 6.72. The molecule has 1 aromatic heterocycles. The Kier molecular flexibility index (Phi) is 3.86. The number of rotatable bonds is 2. The van der Waals surface area contributed by atoms with Gasteiger partial charge in [0.15, 0.2) is 0 Å². The highest BCUT2D eigenvalue weighted by Gasteiger charge is 2.16. The van der Waals surface area contributed by atoms with Crippen LogP contribution in [0.5, 0.6) is 11.6 Å². The number of nitrogens with zero attached hydrogens (tertiary/aromatic N) is 2. The Morgan fingerprint density at radius 2 is 1.90 bits per heavy atom. The lowest BCUT2D eigenvalue weighted by molar-refractivity contribution is 0.457. The van der Waals surface area contributed by atoms with Crippen molar-refractivity contribution >= 4 is 17.4 Å². The molecule has 0 spiro atoms. The molecule has 2 N–H and O–H groups in total. The molecule has 1 heterocycles. The number of benzene rings is 1. The number of hydrogen-bond donors (Lipinski definition) is 1. The molecule has 0 unspecified atom stereocenters. The lowest BCUT2D eigenvalue weighted by atomic mass is 9.86. The number of aryl methyl sites for hydroxylation is 1. The van der Waals surface area contributed by atoms with Crippen molar-refractivity contribution in [3.63, 3.8) is 0 Å². The lowest BCUT2D eigenvalue weighted by Gasteiger charge is -2.20. The lowest BCUT2D eigenvalue weighted by Crippen LogP contribution is -2.11. The van der Waals surface area contributed by atoms with Crippen LogP contribution in [0.2, 0.25) is 5.02 Å². The van der Waals surface area contributed by atoms with Gasteiger partial charge in [-0.2, -0.15) is 4.98 Å². The highest BCUT2D eigenvalue weighted by molar-refractivity contribution is 6.34. The van der Waals surface area contributed by atoms with Crippen molar-refractivity contribution < 1.29 is 4.74 Å². The number of halogens is 1. The number of ether oxygens (including phenoxy) is 1. The smallest absolute Gasteiger partial charge is 0.243 e. The summed E-state index contributed by atoms with van der Waals surface area (Å²) >= 11 is 6.02. The maximum absolute atomic E-state index is 6.02. The van der Waals surface area contributed by atoms with Crippen molar-refractivity contribution in [3.8, 4) is 11.6 Å². The molecule has 20 heavy (non-hydrogen) atoms. The molecule has 0 amide bonds. The van der Waals surface area contributed by atoms with Crippen LogP contribution >= 0.6 is 11.6 Å². The molecule has 0 fully saturated rings. The van der Waals surface area contributed by atoms with Gasteiger partial charge in [-0.25, -0.2) is 4.98 Å². The van der Waals surface area contributed by atoms with Crippen molar-refractivity contribution in [2.75, 3.05) is 5.73 Å². The second kappa shape index (κ2) is 5.29. The number of nitrogens with two attached hydrogens (primary N) is 1. The molecule has 0 atom stereocenters. The summed E-state index contributed by atoms with van der Waals surface area (Å²) in [5, 5.41) is 0.229. The molecule has 2 aromatic rings. The summed E-state index contributed by atoms with van der Waals surface area (Å²) in [7, 11) is 0. The van der Waals surface area contributed by atoms with E-state index < -0.39 is 0 Å². The Morgan fingerprint density at radius 3 is 2.50 bits per heavy atom. The Bertz CT molecular complexity index is 636. The average molecular weight is 292 g/mol. The molecular weight excluding hydrogens is 274 g/mol. The number of aromatic nitrogens is 2. The first-order chi connectivity index (χ1) is 9.29. The van der Waals surface area contributed by atoms with Crippen LogP contribution in [-0.2, 0) is 5.41 Å². The van der Waals surface area contributed by atoms with E-state index >= 15 is 0 Å². The third kappa shape index (κ3) is 3.02. The zero-order valence-corrected chi connectivity index (χ0v) is 12.8. The molecule has 0 aliphatic rings. The summed E-state index contributed by atoms with van der Waals surface area (Å²) in [6.45, 7) is 8.50. The van der Waals surface area contributed by atoms with Gasteiger partial charge in [0, 0.05) is 0 Å². The third-order valence-electron chi connectivity index (χ3n) is 3.03. The van der Waals surface area contributed by atoms with Gasteiger partial charge in [0.2, 0.25) is 5.88 Å². The summed E-state index contributed by atoms with van der Waals surface area (Å²) in [4.78, 5) is 7.81. The number of nitrogen functional groups attached to an aromatic ring is 1. The van der Waals surface area contributed by atoms with Crippen molar-refractivity contribution in [1.82, 2.24) is 9.97 Å². The summed E-state index contributed by atoms with van der Waals surface area (Å²) in [5.74, 6) is 1.18. The minimum Gasteiger partial charge on any atom is -0.437 e. The van der Waals surface area contributed by atoms with Gasteiger partial charge >= 0.3 is 0 Å². The molecule has 0 saturated heterocycles. The molecule has 2 rings (SSSR count). The van der Waals surface area contributed by atoms with Crippen LogP contribution in [-0.4, -0.2) is 9.97 Å². The number of hydrogen-bond acceptors (Lipinski definition) is 4. The van der Waals surface area contributed by atoms with E-state index in [9.17, 15) is 0 Å². The van der Waals surface area contributed by atoms with Gasteiger partial charge in [0.25, 0.3) is 0 Å². The van der Waals surface area contributed by atoms with E-state index in [-0.39, 0.29) is 22.1 Å². The summed E-state index contributed by atoms with van der Waals surface area (Å²) in [5.41, 5.74) is 7.99. The predicted molar refractivity (Wildman–Crippen MR) is 81.4 cm³/mol. The molecule has 0 saturated carbocycles. The fourth-order valence-electron chi connectivity index (χ4n) is 1.77. The Morgan fingerprint density at radius 1 is 1.20 bits per heavy atom. The second-order valence-electron chi connectivity index (χ2n) is 5.71. The average Bonchev–Trinajstić information content (AvgIpc) is 2.36. The minimum absolute atomic E-state index is 0.0975. The Balaban J connectivity index is 2.33. The van der Waals surface area contributed by atoms with E-state index in [0.29, 0.717) is 5.75 Å². The first kappa shape index (κ1) is 14.6. The molecule has 4 nitrogen and oxygen atoms in total. The standard InChI is InChI=1S/C15H18ClN3O/c1-9-7-10(15(2,3)4)5-6-11(9)20-14-12(16)13(17)18-8-19-14/h5-8H,1-4H3,(H2,17,18,19). The highest BCUT2D eigenvalue weighted by Crippen LogP contribution is 2.33. The van der Waals surface area contributed by atoms with E-state index in [1.807, 2.05) is 19.1 Å². The Labute approximate surface area is 124 Å². The normalized spacial score (nSPS) is 11.4. The highest BCUT2D eigenvalue weighted by atomic mass is 35.5. The fraction of sp³-hybridized carbons (Fsp3) is 0.333. The Hall–Kier alpha value is -1.81. The van der Waals surface area contributed by atoms with Gasteiger partial charge in [0.05, 0.1) is 0 Å². The summed E-state index contributed by atoms with van der Waals surface area (Å²) in [6, 6.07) is 6.07. The van der Waals surface area contributed by atoms with Crippen molar-refractivity contribution in [2.24, 2.45) is 0 Å². The summed E-state index contributed by atoms with van der Waals surface area (Å²) < 4.78 is 5.73. The SMILES string of the molecule is Cc1cc(C(C)(C)C)ccc1Oc1ncnc(N)c1Cl. The van der Waals surface area contributed by atoms with Crippen LogP contribution in [0.25, 0.3) is 0 Å². The van der Waals surface area contributed by atoms with E-state index in [1.165, 1.54) is 11.9 Å². The largest absolute Gasteiger partial charge is 0.437 e. The first-order valence-electron chi connectivity index (χ1n) is 6.34. The van der Waals surface area contributed by atoms with Gasteiger partial charge in [-0.15, -0.1) is 0 Å². The van der Waals surface area contributed by atoms with E-state index in [4.69, 9.17) is 22.1 Å². The molecular formula is C15H18ClN3O. The molecule has 106 valence electrons. The number of anilines is 1. The van der Waals surface area contributed by atoms with Gasteiger partial charge in [0.1, 0.15) is 22.9 Å². The van der Waals surface area contributed by atoms with Crippen LogP contribution in [0.3, 0.4) is 0 Å². The monoisotopic (exact) mass is 291 g/mol. The van der Waals surface area contributed by atoms with Crippen LogP contribution in [0, 0.1) is 6.92 Å². The zero-order chi connectivity index (χ0) is 14.9. The van der Waals surface area contributed by atoms with E-state index in [1.54, 1.807) is 0 Å². The maximum Gasteiger partial charge on any atom is 0.243 e. The second-order valence-corrected chi connectivity index (χ2v) is 6.09. The third-order valence-corrected chi connectivity index (χ3v) is 3.39. The molecule has 0 aliphatic carbocycles. The van der Waals surface area contributed by atoms with Gasteiger partial charge in [-0.3, -0.25) is 0 Å². The van der Waals surface area contributed by atoms with Crippen molar-refractivity contribution in [3.05, 3.63) is 40.7 Å². The molecule has 0 aliphatic heterocycles. The van der Waals surface area contributed by atoms with Crippen molar-refractivity contribution in [2.45, 2.75) is 33.1 Å². The van der Waals surface area contributed by atoms with Crippen LogP contribution in [0.1, 0.15) is 31.9 Å². The maximum atomic E-state index is 6.02. The van der Waals surface area contributed by atoms with Crippen molar-refractivity contribution in [1.29, 1.82) is 0 Å². The minimum atomic E-state index is 0.0975. The zero-order valence-electron chi connectivity index (χ0n) is 12.1. The predicted octanol–water partition coefficient (Wildman–Crippen LogP) is 4.11. The van der Waals surface area contributed by atoms with Gasteiger partial charge in [-0.05, 0) is 29.5 Å². The van der Waals surface area contributed by atoms with Gasteiger partial charge < -0.3 is 10.5 Å². The molecule has 0 radical (unpaired) electrons. The van der Waals surface area contributed by atoms with Crippen LogP contribution in [0.4, 0.5) is 5.82 Å². The molecule has 5 heteroatoms. The van der Waals surface area contributed by atoms with Crippen LogP contribution in [0.15, 0.2) is 24.5 Å². The topological polar surface area (TPSA) is 61.0 Å². The van der Waals surface area contributed by atoms with E-state index in [0.717, 1.165) is 5.56 Å². The summed E-state index contributed by atoms with van der Waals surface area (Å²) in [6.07, 6.45) is 1.33. The molecule has 1 aromatic carbocycles. The van der Waals surface area contributed by atoms with E-state index in [2.05, 4.69) is 36.8 Å². The fourth-order valence-corrected chi connectivity index (χ4v) is 1.91. The van der Waals surface area contributed by atoms with Crippen LogP contribution < -0.4 is 10.5 Å². The van der Waals surface area contributed by atoms with Gasteiger partial charge in [-0.1, -0.05) is 44.5 Å².